The van der Waals surface area contributed by atoms with Crippen molar-refractivity contribution in [1.82, 2.24) is 0 Å². The lowest BCUT2D eigenvalue weighted by Gasteiger charge is -1.99. The van der Waals surface area contributed by atoms with E-state index in [4.69, 9.17) is 11.6 Å². The smallest absolute Gasteiger partial charge is 0.148 e. The molecule has 0 heterocycles. The fourth-order valence-corrected chi connectivity index (χ4v) is 1.51. The molecule has 0 N–H and O–H groups in total. The summed E-state index contributed by atoms with van der Waals surface area (Å²) in [4.78, 5) is 4.04. The molecular formula is C13H9ClFN. The summed E-state index contributed by atoms with van der Waals surface area (Å²) in [7, 11) is 0. The van der Waals surface area contributed by atoms with Gasteiger partial charge in [-0.3, -0.25) is 0 Å². The van der Waals surface area contributed by atoms with E-state index in [2.05, 4.69) is 4.99 Å². The van der Waals surface area contributed by atoms with E-state index in [-0.39, 0.29) is 16.7 Å². The van der Waals surface area contributed by atoms with Crippen molar-refractivity contribution in [2.24, 2.45) is 4.99 Å². The Kier molecular flexibility index (Phi) is 3.32. The van der Waals surface area contributed by atoms with Crippen LogP contribution in [0.3, 0.4) is 0 Å². The molecule has 1 nitrogen and oxygen atoms in total. The number of rotatable bonds is 2. The Hall–Kier alpha value is -1.67. The number of para-hydroxylation sites is 1. The van der Waals surface area contributed by atoms with Crippen molar-refractivity contribution in [3.63, 3.8) is 0 Å². The predicted octanol–water partition coefficient (Wildman–Crippen LogP) is 4.14. The minimum atomic E-state index is -0.378. The van der Waals surface area contributed by atoms with Gasteiger partial charge in [-0.1, -0.05) is 54.1 Å². The van der Waals surface area contributed by atoms with Crippen LogP contribution in [-0.4, -0.2) is 5.17 Å². The van der Waals surface area contributed by atoms with Gasteiger partial charge >= 0.3 is 0 Å². The summed E-state index contributed by atoms with van der Waals surface area (Å²) in [5, 5.41) is 0.283. The lowest BCUT2D eigenvalue weighted by atomic mass is 10.2. The van der Waals surface area contributed by atoms with Crippen LogP contribution in [0, 0.1) is 5.82 Å². The van der Waals surface area contributed by atoms with Gasteiger partial charge in [0.25, 0.3) is 0 Å². The Morgan fingerprint density at radius 3 is 2.25 bits per heavy atom. The number of hydrogen-bond donors (Lipinski definition) is 0. The van der Waals surface area contributed by atoms with Crippen molar-refractivity contribution in [2.45, 2.75) is 0 Å². The number of hydrogen-bond acceptors (Lipinski definition) is 1. The van der Waals surface area contributed by atoms with Gasteiger partial charge in [0.1, 0.15) is 16.7 Å². The maximum absolute atomic E-state index is 13.3. The second-order valence-corrected chi connectivity index (χ2v) is 3.58. The normalized spacial score (nSPS) is 11.5. The van der Waals surface area contributed by atoms with Gasteiger partial charge in [-0.05, 0) is 12.1 Å². The van der Waals surface area contributed by atoms with E-state index in [1.165, 1.54) is 6.07 Å². The molecule has 0 aromatic heterocycles. The second-order valence-electron chi connectivity index (χ2n) is 3.22. The summed E-state index contributed by atoms with van der Waals surface area (Å²) in [6, 6.07) is 15.5. The van der Waals surface area contributed by atoms with E-state index in [1.807, 2.05) is 30.3 Å². The van der Waals surface area contributed by atoms with Crippen LogP contribution < -0.4 is 0 Å². The quantitative estimate of drug-likeness (QED) is 0.692. The Labute approximate surface area is 98.2 Å². The Bertz CT molecular complexity index is 508. The third-order valence-corrected chi connectivity index (χ3v) is 2.39. The first-order valence-electron chi connectivity index (χ1n) is 4.81. The van der Waals surface area contributed by atoms with E-state index in [0.717, 1.165) is 5.56 Å². The van der Waals surface area contributed by atoms with Gasteiger partial charge in [-0.2, -0.15) is 0 Å². The molecule has 0 saturated heterocycles. The summed E-state index contributed by atoms with van der Waals surface area (Å²) in [5.41, 5.74) is 1.02. The number of halogens is 2. The average Bonchev–Trinajstić information content (AvgIpc) is 2.33. The molecule has 0 aliphatic rings. The first kappa shape index (κ1) is 10.8. The van der Waals surface area contributed by atoms with Gasteiger partial charge in [-0.25, -0.2) is 9.38 Å². The average molecular weight is 234 g/mol. The molecule has 2 rings (SSSR count). The number of benzene rings is 2. The summed E-state index contributed by atoms with van der Waals surface area (Å²) in [5.74, 6) is -0.378. The van der Waals surface area contributed by atoms with Crippen molar-refractivity contribution in [3.05, 3.63) is 66.0 Å². The highest BCUT2D eigenvalue weighted by atomic mass is 35.5. The molecule has 0 aliphatic heterocycles. The van der Waals surface area contributed by atoms with Crippen LogP contribution in [0.2, 0.25) is 0 Å². The highest BCUT2D eigenvalue weighted by molar-refractivity contribution is 6.69. The summed E-state index contributed by atoms with van der Waals surface area (Å²) in [6.45, 7) is 0. The standard InChI is InChI=1S/C13H9ClFN/c14-13(10-6-2-1-3-7-10)16-12-9-5-4-8-11(12)15/h1-9H/b16-13-. The third-order valence-electron chi connectivity index (χ3n) is 2.08. The minimum Gasteiger partial charge on any atom is -0.233 e. The topological polar surface area (TPSA) is 12.4 Å². The maximum Gasteiger partial charge on any atom is 0.148 e. The molecule has 0 radical (unpaired) electrons. The highest BCUT2D eigenvalue weighted by Gasteiger charge is 2.02. The van der Waals surface area contributed by atoms with Gasteiger partial charge in [0.2, 0.25) is 0 Å². The Morgan fingerprint density at radius 2 is 1.56 bits per heavy atom. The zero-order chi connectivity index (χ0) is 11.4. The fraction of sp³-hybridized carbons (Fsp3) is 0. The third kappa shape index (κ3) is 2.47. The number of aliphatic imine (C=N–C) groups is 1. The van der Waals surface area contributed by atoms with E-state index in [9.17, 15) is 4.39 Å². The zero-order valence-corrected chi connectivity index (χ0v) is 9.16. The fourth-order valence-electron chi connectivity index (χ4n) is 1.29. The van der Waals surface area contributed by atoms with Crippen LogP contribution in [0.4, 0.5) is 10.1 Å². The molecule has 3 heteroatoms. The van der Waals surface area contributed by atoms with Crippen molar-refractivity contribution in [2.75, 3.05) is 0 Å². The first-order valence-corrected chi connectivity index (χ1v) is 5.19. The molecule has 0 amide bonds. The summed E-state index contributed by atoms with van der Waals surface area (Å²) < 4.78 is 13.3. The van der Waals surface area contributed by atoms with E-state index in [0.29, 0.717) is 0 Å². The van der Waals surface area contributed by atoms with Crippen LogP contribution in [0.1, 0.15) is 5.56 Å². The van der Waals surface area contributed by atoms with Gasteiger partial charge in [-0.15, -0.1) is 0 Å². The summed E-state index contributed by atoms with van der Waals surface area (Å²) in [6.07, 6.45) is 0. The molecule has 2 aromatic rings. The van der Waals surface area contributed by atoms with Gasteiger partial charge < -0.3 is 0 Å². The van der Waals surface area contributed by atoms with Gasteiger partial charge in [0, 0.05) is 5.56 Å². The molecule has 0 saturated carbocycles. The molecule has 0 unspecified atom stereocenters. The van der Waals surface area contributed by atoms with E-state index in [1.54, 1.807) is 18.2 Å². The van der Waals surface area contributed by atoms with Gasteiger partial charge in [0.15, 0.2) is 0 Å². The summed E-state index contributed by atoms with van der Waals surface area (Å²) >= 11 is 6.00. The van der Waals surface area contributed by atoms with Crippen LogP contribution >= 0.6 is 11.6 Å². The van der Waals surface area contributed by atoms with Crippen LogP contribution in [0.5, 0.6) is 0 Å². The lowest BCUT2D eigenvalue weighted by molar-refractivity contribution is 0.630. The van der Waals surface area contributed by atoms with Gasteiger partial charge in [0.05, 0.1) is 0 Å². The molecule has 0 aliphatic carbocycles. The monoisotopic (exact) mass is 233 g/mol. The molecule has 0 spiro atoms. The van der Waals surface area contributed by atoms with E-state index < -0.39 is 0 Å². The van der Waals surface area contributed by atoms with Crippen LogP contribution in [-0.2, 0) is 0 Å². The number of nitrogens with zero attached hydrogens (tertiary/aromatic N) is 1. The zero-order valence-electron chi connectivity index (χ0n) is 8.40. The largest absolute Gasteiger partial charge is 0.233 e. The van der Waals surface area contributed by atoms with Crippen molar-refractivity contribution < 1.29 is 4.39 Å². The highest BCUT2D eigenvalue weighted by Crippen LogP contribution is 2.19. The predicted molar refractivity (Wildman–Crippen MR) is 64.9 cm³/mol. The van der Waals surface area contributed by atoms with Crippen LogP contribution in [0.25, 0.3) is 0 Å². The molecule has 0 fully saturated rings. The van der Waals surface area contributed by atoms with Crippen molar-refractivity contribution in [1.29, 1.82) is 0 Å². The molecule has 16 heavy (non-hydrogen) atoms. The SMILES string of the molecule is Fc1ccccc1/N=C(\Cl)c1ccccc1. The molecule has 80 valence electrons. The second kappa shape index (κ2) is 4.90. The lowest BCUT2D eigenvalue weighted by Crippen LogP contribution is -1.89. The molecule has 0 bridgehead atoms. The van der Waals surface area contributed by atoms with Crippen LogP contribution in [0.15, 0.2) is 59.6 Å². The molecule has 2 aromatic carbocycles. The van der Waals surface area contributed by atoms with E-state index >= 15 is 0 Å². The van der Waals surface area contributed by atoms with Crippen molar-refractivity contribution in [3.8, 4) is 0 Å². The minimum absolute atomic E-state index is 0.247. The first-order chi connectivity index (χ1) is 7.77. The Morgan fingerprint density at radius 1 is 0.938 bits per heavy atom. The molecular weight excluding hydrogens is 225 g/mol. The maximum atomic E-state index is 13.3. The molecule has 0 atom stereocenters. The van der Waals surface area contributed by atoms with Crippen molar-refractivity contribution >= 4 is 22.5 Å². The Balaban J connectivity index is 2.36.